The van der Waals surface area contributed by atoms with Crippen LogP contribution in [0.25, 0.3) is 10.9 Å². The van der Waals surface area contributed by atoms with Gasteiger partial charge in [0.15, 0.2) is 0 Å². The molecule has 1 aliphatic rings. The van der Waals surface area contributed by atoms with Gasteiger partial charge in [0.2, 0.25) is 0 Å². The van der Waals surface area contributed by atoms with E-state index in [4.69, 9.17) is 4.74 Å². The lowest BCUT2D eigenvalue weighted by atomic mass is 9.87. The van der Waals surface area contributed by atoms with Crippen LogP contribution in [0.15, 0.2) is 36.5 Å². The van der Waals surface area contributed by atoms with Gasteiger partial charge >= 0.3 is 0 Å². The number of hydrogen-bond acceptors (Lipinski definition) is 3. The Labute approximate surface area is 126 Å². The number of hydrogen-bond donors (Lipinski definition) is 1. The van der Waals surface area contributed by atoms with E-state index in [9.17, 15) is 0 Å². The summed E-state index contributed by atoms with van der Waals surface area (Å²) in [7, 11) is 0. The Bertz CT molecular complexity index is 571. The number of nitrogens with zero attached hydrogens (tertiary/aromatic N) is 1. The second kappa shape index (κ2) is 6.90. The molecule has 1 fully saturated rings. The van der Waals surface area contributed by atoms with Gasteiger partial charge in [-0.2, -0.15) is 0 Å². The SMILES string of the molecule is CC1CCC(NCCOc2cccc3ncccc23)CC1. The Morgan fingerprint density at radius 1 is 1.14 bits per heavy atom. The average molecular weight is 284 g/mol. The average Bonchev–Trinajstić information content (AvgIpc) is 2.53. The van der Waals surface area contributed by atoms with Crippen LogP contribution in [0.1, 0.15) is 32.6 Å². The van der Waals surface area contributed by atoms with Gasteiger partial charge in [-0.25, -0.2) is 0 Å². The highest BCUT2D eigenvalue weighted by Gasteiger charge is 2.17. The molecule has 0 unspecified atom stereocenters. The van der Waals surface area contributed by atoms with Gasteiger partial charge in [-0.3, -0.25) is 4.98 Å². The van der Waals surface area contributed by atoms with Crippen molar-refractivity contribution in [2.24, 2.45) is 5.92 Å². The lowest BCUT2D eigenvalue weighted by molar-refractivity contribution is 0.272. The summed E-state index contributed by atoms with van der Waals surface area (Å²) in [6.45, 7) is 3.98. The molecule has 1 aromatic heterocycles. The summed E-state index contributed by atoms with van der Waals surface area (Å²) in [4.78, 5) is 4.35. The zero-order valence-electron chi connectivity index (χ0n) is 12.7. The fourth-order valence-electron chi connectivity index (χ4n) is 3.09. The van der Waals surface area contributed by atoms with Gasteiger partial charge in [0.1, 0.15) is 12.4 Å². The molecule has 2 aromatic rings. The molecule has 112 valence electrons. The second-order valence-electron chi connectivity index (χ2n) is 6.09. The normalized spacial score (nSPS) is 22.3. The van der Waals surface area contributed by atoms with E-state index in [1.165, 1.54) is 25.7 Å². The molecule has 21 heavy (non-hydrogen) atoms. The molecule has 0 bridgehead atoms. The van der Waals surface area contributed by atoms with Crippen molar-refractivity contribution in [1.82, 2.24) is 10.3 Å². The van der Waals surface area contributed by atoms with E-state index in [2.05, 4.69) is 23.3 Å². The molecule has 3 rings (SSSR count). The minimum Gasteiger partial charge on any atom is -0.492 e. The van der Waals surface area contributed by atoms with Crippen LogP contribution >= 0.6 is 0 Å². The molecule has 1 saturated carbocycles. The maximum atomic E-state index is 5.93. The van der Waals surface area contributed by atoms with Crippen molar-refractivity contribution in [3.63, 3.8) is 0 Å². The van der Waals surface area contributed by atoms with E-state index in [1.807, 2.05) is 30.5 Å². The molecule has 1 N–H and O–H groups in total. The van der Waals surface area contributed by atoms with Crippen molar-refractivity contribution in [3.8, 4) is 5.75 Å². The summed E-state index contributed by atoms with van der Waals surface area (Å²) in [5, 5.41) is 4.71. The van der Waals surface area contributed by atoms with Crippen molar-refractivity contribution in [1.29, 1.82) is 0 Å². The molecule has 0 spiro atoms. The largest absolute Gasteiger partial charge is 0.492 e. The molecule has 0 amide bonds. The minimum atomic E-state index is 0.680. The summed E-state index contributed by atoms with van der Waals surface area (Å²) in [6, 6.07) is 10.7. The van der Waals surface area contributed by atoms with E-state index in [-0.39, 0.29) is 0 Å². The van der Waals surface area contributed by atoms with Crippen LogP contribution in [0.5, 0.6) is 5.75 Å². The summed E-state index contributed by atoms with van der Waals surface area (Å²) in [6.07, 6.45) is 7.14. The number of ether oxygens (including phenoxy) is 1. The number of pyridine rings is 1. The molecule has 1 heterocycles. The van der Waals surface area contributed by atoms with Crippen LogP contribution in [0, 0.1) is 5.92 Å². The summed E-state index contributed by atoms with van der Waals surface area (Å²) in [5.41, 5.74) is 0.990. The Kier molecular flexibility index (Phi) is 4.71. The minimum absolute atomic E-state index is 0.680. The zero-order valence-corrected chi connectivity index (χ0v) is 12.7. The highest BCUT2D eigenvalue weighted by molar-refractivity contribution is 5.84. The summed E-state index contributed by atoms with van der Waals surface area (Å²) < 4.78 is 5.93. The van der Waals surface area contributed by atoms with E-state index >= 15 is 0 Å². The number of fused-ring (bicyclic) bond motifs is 1. The molecular formula is C18H24N2O. The lowest BCUT2D eigenvalue weighted by Crippen LogP contribution is -2.35. The predicted molar refractivity (Wildman–Crippen MR) is 86.7 cm³/mol. The highest BCUT2D eigenvalue weighted by atomic mass is 16.5. The lowest BCUT2D eigenvalue weighted by Gasteiger charge is -2.27. The molecule has 1 aliphatic carbocycles. The number of aromatic nitrogens is 1. The Morgan fingerprint density at radius 3 is 2.86 bits per heavy atom. The van der Waals surface area contributed by atoms with E-state index in [0.717, 1.165) is 29.1 Å². The highest BCUT2D eigenvalue weighted by Crippen LogP contribution is 2.24. The van der Waals surface area contributed by atoms with E-state index < -0.39 is 0 Å². The van der Waals surface area contributed by atoms with Crippen LogP contribution in [-0.2, 0) is 0 Å². The third-order valence-electron chi connectivity index (χ3n) is 4.41. The van der Waals surface area contributed by atoms with Crippen molar-refractivity contribution >= 4 is 10.9 Å². The third-order valence-corrected chi connectivity index (χ3v) is 4.41. The first-order valence-corrected chi connectivity index (χ1v) is 8.03. The second-order valence-corrected chi connectivity index (χ2v) is 6.09. The Morgan fingerprint density at radius 2 is 2.00 bits per heavy atom. The van der Waals surface area contributed by atoms with Crippen LogP contribution < -0.4 is 10.1 Å². The first kappa shape index (κ1) is 14.3. The maximum absolute atomic E-state index is 5.93. The van der Waals surface area contributed by atoms with Crippen LogP contribution in [0.2, 0.25) is 0 Å². The van der Waals surface area contributed by atoms with Crippen LogP contribution in [0.3, 0.4) is 0 Å². The number of nitrogens with one attached hydrogen (secondary N) is 1. The molecule has 0 aliphatic heterocycles. The van der Waals surface area contributed by atoms with Gasteiger partial charge < -0.3 is 10.1 Å². The monoisotopic (exact) mass is 284 g/mol. The van der Waals surface area contributed by atoms with Crippen LogP contribution in [-0.4, -0.2) is 24.2 Å². The molecule has 3 nitrogen and oxygen atoms in total. The van der Waals surface area contributed by atoms with Crippen molar-refractivity contribution in [3.05, 3.63) is 36.5 Å². The fourth-order valence-corrected chi connectivity index (χ4v) is 3.09. The van der Waals surface area contributed by atoms with Crippen molar-refractivity contribution in [2.75, 3.05) is 13.2 Å². The van der Waals surface area contributed by atoms with Gasteiger partial charge in [0.25, 0.3) is 0 Å². The first-order valence-electron chi connectivity index (χ1n) is 8.03. The molecule has 1 aromatic carbocycles. The van der Waals surface area contributed by atoms with Gasteiger partial charge in [-0.05, 0) is 55.9 Å². The van der Waals surface area contributed by atoms with Gasteiger partial charge in [-0.15, -0.1) is 0 Å². The van der Waals surface area contributed by atoms with Crippen molar-refractivity contribution < 1.29 is 4.74 Å². The molecule has 0 saturated heterocycles. The van der Waals surface area contributed by atoms with E-state index in [0.29, 0.717) is 12.6 Å². The van der Waals surface area contributed by atoms with E-state index in [1.54, 1.807) is 0 Å². The maximum Gasteiger partial charge on any atom is 0.128 e. The third kappa shape index (κ3) is 3.73. The van der Waals surface area contributed by atoms with Crippen molar-refractivity contribution in [2.45, 2.75) is 38.6 Å². The predicted octanol–water partition coefficient (Wildman–Crippen LogP) is 3.78. The molecular weight excluding hydrogens is 260 g/mol. The fraction of sp³-hybridized carbons (Fsp3) is 0.500. The standard InChI is InChI=1S/C18H24N2O/c1-14-7-9-15(10-8-14)19-12-13-21-18-6-2-5-17-16(18)4-3-11-20-17/h2-6,11,14-15,19H,7-10,12-13H2,1H3. The molecule has 0 radical (unpaired) electrons. The Hall–Kier alpha value is -1.61. The zero-order chi connectivity index (χ0) is 14.5. The number of benzene rings is 1. The van der Waals surface area contributed by atoms with Gasteiger partial charge in [-0.1, -0.05) is 13.0 Å². The quantitative estimate of drug-likeness (QED) is 0.848. The van der Waals surface area contributed by atoms with Crippen LogP contribution in [0.4, 0.5) is 0 Å². The topological polar surface area (TPSA) is 34.1 Å². The van der Waals surface area contributed by atoms with Gasteiger partial charge in [0.05, 0.1) is 5.52 Å². The smallest absolute Gasteiger partial charge is 0.128 e. The van der Waals surface area contributed by atoms with Gasteiger partial charge in [0, 0.05) is 24.2 Å². The number of rotatable bonds is 5. The molecule has 0 atom stereocenters. The molecule has 3 heteroatoms. The first-order chi connectivity index (χ1) is 10.3. The summed E-state index contributed by atoms with van der Waals surface area (Å²) >= 11 is 0. The Balaban J connectivity index is 1.48. The summed E-state index contributed by atoms with van der Waals surface area (Å²) in [5.74, 6) is 1.84.